The molecule has 0 bridgehead atoms. The van der Waals surface area contributed by atoms with E-state index in [1.165, 1.54) is 10.8 Å². The molecule has 0 amide bonds. The lowest BCUT2D eigenvalue weighted by Crippen LogP contribution is -2.43. The molecule has 0 atom stereocenters. The van der Waals surface area contributed by atoms with E-state index < -0.39 is 16.1 Å². The van der Waals surface area contributed by atoms with E-state index in [4.69, 9.17) is 9.97 Å². The second-order valence-electron chi connectivity index (χ2n) is 15.7. The predicted molar refractivity (Wildman–Crippen MR) is 239 cm³/mol. The van der Waals surface area contributed by atoms with E-state index in [0.29, 0.717) is 33.2 Å². The number of nitrogens with zero attached hydrogens (tertiary/aromatic N) is 2. The van der Waals surface area contributed by atoms with E-state index in [1.54, 1.807) is 0 Å². The van der Waals surface area contributed by atoms with E-state index in [1.807, 2.05) is 0 Å². The predicted octanol–water partition coefficient (Wildman–Crippen LogP) is 15.3. The van der Waals surface area contributed by atoms with E-state index in [0.717, 1.165) is 61.9 Å². The minimum absolute atomic E-state index is 0.505. The molecule has 8 heteroatoms. The van der Waals surface area contributed by atoms with Crippen molar-refractivity contribution in [3.8, 4) is 22.9 Å². The Bertz CT molecular complexity index is 2060. The van der Waals surface area contributed by atoms with Crippen LogP contribution in [-0.4, -0.2) is 26.1 Å². The zero-order chi connectivity index (χ0) is 37.0. The minimum atomic E-state index is -2.08. The maximum Gasteiger partial charge on any atom is 0.146 e. The van der Waals surface area contributed by atoms with Crippen molar-refractivity contribution in [3.05, 3.63) is 65.4 Å². The van der Waals surface area contributed by atoms with Gasteiger partial charge in [-0.3, -0.25) is 0 Å². The van der Waals surface area contributed by atoms with E-state index in [9.17, 15) is 0 Å². The summed E-state index contributed by atoms with van der Waals surface area (Å²) >= 11 is 15.3. The molecule has 4 aromatic carbocycles. The summed E-state index contributed by atoms with van der Waals surface area (Å²) in [6, 6.07) is 13.2. The van der Waals surface area contributed by atoms with Crippen LogP contribution < -0.4 is 0 Å². The first kappa shape index (κ1) is 39.7. The van der Waals surface area contributed by atoms with Crippen LogP contribution in [0, 0.1) is 22.9 Å². The van der Waals surface area contributed by atoms with Crippen molar-refractivity contribution in [2.45, 2.75) is 116 Å². The third-order valence-electron chi connectivity index (χ3n) is 11.3. The molecule has 0 unspecified atom stereocenters. The third-order valence-corrected chi connectivity index (χ3v) is 28.6. The van der Waals surface area contributed by atoms with Crippen molar-refractivity contribution < 1.29 is 0 Å². The van der Waals surface area contributed by atoms with Gasteiger partial charge in [-0.25, -0.2) is 9.97 Å². The van der Waals surface area contributed by atoms with E-state index >= 15 is 0 Å². The highest BCUT2D eigenvalue weighted by atomic mass is 79.9. The maximum atomic E-state index is 5.48. The number of aromatic nitrogens is 2. The molecule has 0 aliphatic heterocycles. The van der Waals surface area contributed by atoms with Crippen molar-refractivity contribution in [2.75, 3.05) is 0 Å². The van der Waals surface area contributed by atoms with Crippen LogP contribution >= 0.6 is 63.7 Å². The van der Waals surface area contributed by atoms with Crippen LogP contribution in [-0.2, 0) is 0 Å². The number of halogens is 4. The highest BCUT2D eigenvalue weighted by molar-refractivity contribution is 9.15. The van der Waals surface area contributed by atoms with Crippen LogP contribution in [0.2, 0.25) is 33.2 Å². The van der Waals surface area contributed by atoms with Crippen LogP contribution in [0.5, 0.6) is 0 Å². The molecule has 0 fully saturated rings. The monoisotopic (exact) mass is 952 g/mol. The average molecular weight is 957 g/mol. The maximum absolute atomic E-state index is 5.48. The Labute approximate surface area is 335 Å². The molecule has 0 saturated carbocycles. The van der Waals surface area contributed by atoms with Crippen molar-refractivity contribution in [2.24, 2.45) is 0 Å². The summed E-state index contributed by atoms with van der Waals surface area (Å²) < 4.78 is 3.47. The third kappa shape index (κ3) is 6.51. The highest BCUT2D eigenvalue weighted by Crippen LogP contribution is 2.46. The van der Waals surface area contributed by atoms with Crippen LogP contribution in [0.15, 0.2) is 54.3 Å². The molecule has 1 aromatic heterocycles. The van der Waals surface area contributed by atoms with Gasteiger partial charge in [0, 0.05) is 19.7 Å². The second-order valence-corrected chi connectivity index (χ2v) is 30.0. The molecule has 2 nitrogen and oxygen atoms in total. The highest BCUT2D eigenvalue weighted by Gasteiger charge is 2.43. The number of rotatable bonds is 6. The fraction of sp³-hybridized carbons (Fsp3) is 0.429. The van der Waals surface area contributed by atoms with Gasteiger partial charge in [0.2, 0.25) is 0 Å². The van der Waals surface area contributed by atoms with Crippen LogP contribution in [0.3, 0.4) is 0 Å². The van der Waals surface area contributed by atoms with Gasteiger partial charge in [-0.15, -0.1) is 11.1 Å². The van der Waals surface area contributed by atoms with Gasteiger partial charge in [0.1, 0.15) is 38.2 Å². The van der Waals surface area contributed by atoms with Crippen LogP contribution in [0.4, 0.5) is 0 Å². The lowest BCUT2D eigenvalue weighted by molar-refractivity contribution is 0.838. The van der Waals surface area contributed by atoms with Gasteiger partial charge in [-0.05, 0) is 120 Å². The Morgan fingerprint density at radius 2 is 0.760 bits per heavy atom. The molecule has 50 heavy (non-hydrogen) atoms. The Morgan fingerprint density at radius 1 is 0.460 bits per heavy atom. The molecule has 0 aliphatic rings. The SMILES string of the molecule is CC(C)[Si](C#Cc1c2cc3ccccc3cc2c(C#C[Si](C(C)C)(C(C)C)C(C)C)c2nc3c(Br)c(Br)c(Br)c(Br)c3nc12)(C(C)C)C(C)C. The molecular weight excluding hydrogens is 908 g/mol. The number of hydrogen-bond acceptors (Lipinski definition) is 2. The molecule has 0 N–H and O–H groups in total. The molecule has 0 aliphatic carbocycles. The van der Waals surface area contributed by atoms with Crippen molar-refractivity contribution in [3.63, 3.8) is 0 Å². The standard InChI is InChI=1S/C42H48Br4N2Si2/c1-23(2)49(24(3)4,25(5)6)19-17-31-33-21-29-15-13-14-16-30(29)22-34(33)32(18-20-50(26(7)8,27(9)10)28(11)12)40-39(31)47-41-37(45)35(43)36(44)38(46)42(41)48-40/h13-16,21-28H,1-12H3. The molecule has 5 rings (SSSR count). The largest absolute Gasteiger partial charge is 0.242 e. The quantitative estimate of drug-likeness (QED) is 0.0557. The van der Waals surface area contributed by atoms with E-state index in [-0.39, 0.29) is 0 Å². The van der Waals surface area contributed by atoms with Gasteiger partial charge in [0.25, 0.3) is 0 Å². The van der Waals surface area contributed by atoms with Gasteiger partial charge in [0.15, 0.2) is 0 Å². The summed E-state index contributed by atoms with van der Waals surface area (Å²) in [5.41, 5.74) is 16.2. The molecule has 262 valence electrons. The van der Waals surface area contributed by atoms with Crippen molar-refractivity contribution in [1.29, 1.82) is 0 Å². The Balaban J connectivity index is 2.11. The normalized spacial score (nSPS) is 12.8. The summed E-state index contributed by atoms with van der Waals surface area (Å²) in [7, 11) is -4.16. The van der Waals surface area contributed by atoms with Crippen LogP contribution in [0.25, 0.3) is 43.6 Å². The molecule has 1 heterocycles. The Kier molecular flexibility index (Phi) is 12.0. The van der Waals surface area contributed by atoms with Crippen molar-refractivity contribution >= 4 is 123 Å². The zero-order valence-electron chi connectivity index (χ0n) is 31.3. The first-order chi connectivity index (χ1) is 23.4. The Hall–Kier alpha value is -1.53. The molecule has 0 radical (unpaired) electrons. The molecule has 5 aromatic rings. The molecular formula is C42H48Br4N2Si2. The average Bonchev–Trinajstić information content (AvgIpc) is 3.05. The van der Waals surface area contributed by atoms with Crippen molar-refractivity contribution in [1.82, 2.24) is 9.97 Å². The summed E-state index contributed by atoms with van der Waals surface area (Å²) in [5.74, 6) is 7.76. The molecule has 0 spiro atoms. The van der Waals surface area contributed by atoms with E-state index in [2.05, 4.69) is 206 Å². The summed E-state index contributed by atoms with van der Waals surface area (Å²) in [5, 5.41) is 4.55. The van der Waals surface area contributed by atoms with Gasteiger partial charge in [-0.2, -0.15) is 0 Å². The topological polar surface area (TPSA) is 25.8 Å². The Morgan fingerprint density at radius 3 is 1.04 bits per heavy atom. The summed E-state index contributed by atoms with van der Waals surface area (Å²) in [6.45, 7) is 28.4. The van der Waals surface area contributed by atoms with Gasteiger partial charge in [0.05, 0.1) is 20.1 Å². The van der Waals surface area contributed by atoms with Gasteiger partial charge < -0.3 is 0 Å². The second kappa shape index (κ2) is 15.1. The fourth-order valence-corrected chi connectivity index (χ4v) is 21.5. The summed E-state index contributed by atoms with van der Waals surface area (Å²) in [6.07, 6.45) is 0. The zero-order valence-corrected chi connectivity index (χ0v) is 39.7. The lowest BCUT2D eigenvalue weighted by Gasteiger charge is -2.38. The summed E-state index contributed by atoms with van der Waals surface area (Å²) in [4.78, 5) is 11.0. The van der Waals surface area contributed by atoms with Gasteiger partial charge >= 0.3 is 0 Å². The number of benzene rings is 4. The lowest BCUT2D eigenvalue weighted by atomic mass is 9.94. The fourth-order valence-electron chi connectivity index (χ4n) is 8.86. The molecule has 0 saturated heterocycles. The van der Waals surface area contributed by atoms with Gasteiger partial charge in [-0.1, -0.05) is 119 Å². The minimum Gasteiger partial charge on any atom is -0.242 e. The van der Waals surface area contributed by atoms with Crippen LogP contribution in [0.1, 0.15) is 94.2 Å². The first-order valence-corrected chi connectivity index (χ1v) is 25.4. The first-order valence-electron chi connectivity index (χ1n) is 17.8. The number of hydrogen-bond donors (Lipinski definition) is 0. The number of fused-ring (bicyclic) bond motifs is 4. The smallest absolute Gasteiger partial charge is 0.146 e.